The molecule has 3 N–H and O–H groups in total. The third-order valence-electron chi connectivity index (χ3n) is 12.8. The van der Waals surface area contributed by atoms with E-state index in [9.17, 15) is 23.4 Å². The maximum absolute atomic E-state index is 12.9. The average Bonchev–Trinajstić information content (AvgIpc) is 3.38. The van der Waals surface area contributed by atoms with Crippen molar-refractivity contribution in [2.45, 2.75) is 96.2 Å². The molecule has 4 saturated carbocycles. The zero-order chi connectivity index (χ0) is 32.1. The molecule has 0 aliphatic heterocycles. The molecule has 246 valence electrons. The number of carbonyl (C=O) groups excluding carboxylic acids is 1. The molecule has 0 unspecified atom stereocenters. The SMILES string of the molecule is CC[C@H]1[C@@H](O)[C@@H]2[C@H](CC[C@]3(C)[C@@H]([C@H](C)COC(=O)NS(=O)(=O)c4ccc(-c5ncccn5)cc4)CC[C@@H]23)[C@@]2(C)CC[C@@H](O)C[C@@H]12. The van der Waals surface area contributed by atoms with Crippen LogP contribution in [0.25, 0.3) is 11.4 Å². The van der Waals surface area contributed by atoms with Crippen LogP contribution < -0.4 is 4.72 Å². The number of aromatic nitrogens is 2. The number of hydrogen-bond acceptors (Lipinski definition) is 8. The Morgan fingerprint density at radius 2 is 1.67 bits per heavy atom. The second kappa shape index (κ2) is 12.2. The van der Waals surface area contributed by atoms with Crippen LogP contribution in [0.15, 0.2) is 47.6 Å². The Morgan fingerprint density at radius 1 is 1.00 bits per heavy atom. The first-order valence-corrected chi connectivity index (χ1v) is 18.3. The van der Waals surface area contributed by atoms with Gasteiger partial charge >= 0.3 is 6.09 Å². The molecule has 1 aromatic carbocycles. The largest absolute Gasteiger partial charge is 0.449 e. The van der Waals surface area contributed by atoms with Crippen LogP contribution in [0, 0.1) is 52.3 Å². The summed E-state index contributed by atoms with van der Waals surface area (Å²) in [7, 11) is -4.11. The zero-order valence-electron chi connectivity index (χ0n) is 26.9. The number of hydrogen-bond donors (Lipinski definition) is 3. The van der Waals surface area contributed by atoms with E-state index in [1.165, 1.54) is 12.1 Å². The van der Waals surface area contributed by atoms with Gasteiger partial charge in [-0.05, 0) is 128 Å². The highest BCUT2D eigenvalue weighted by Gasteiger charge is 2.64. The molecule has 0 radical (unpaired) electrons. The van der Waals surface area contributed by atoms with Crippen molar-refractivity contribution in [2.24, 2.45) is 52.3 Å². The number of aliphatic hydroxyl groups excluding tert-OH is 2. The first-order valence-electron chi connectivity index (χ1n) is 16.8. The van der Waals surface area contributed by atoms with E-state index in [4.69, 9.17) is 4.74 Å². The molecule has 45 heavy (non-hydrogen) atoms. The van der Waals surface area contributed by atoms with Gasteiger partial charge in [-0.2, -0.15) is 0 Å². The molecule has 2 aromatic rings. The maximum Gasteiger partial charge on any atom is 0.421 e. The molecule has 10 heteroatoms. The van der Waals surface area contributed by atoms with E-state index in [0.29, 0.717) is 35.1 Å². The Morgan fingerprint density at radius 3 is 2.36 bits per heavy atom. The molecule has 9 nitrogen and oxygen atoms in total. The molecule has 0 saturated heterocycles. The average molecular weight is 640 g/mol. The summed E-state index contributed by atoms with van der Waals surface area (Å²) in [5, 5.41) is 22.5. The number of nitrogens with one attached hydrogen (secondary N) is 1. The predicted octanol–water partition coefficient (Wildman–Crippen LogP) is 5.82. The Balaban J connectivity index is 1.09. The number of rotatable bonds is 7. The van der Waals surface area contributed by atoms with E-state index in [0.717, 1.165) is 51.4 Å². The van der Waals surface area contributed by atoms with Crippen molar-refractivity contribution in [3.05, 3.63) is 42.7 Å². The summed E-state index contributed by atoms with van der Waals surface area (Å²) in [4.78, 5) is 21.0. The minimum Gasteiger partial charge on any atom is -0.449 e. The van der Waals surface area contributed by atoms with Gasteiger partial charge in [0.25, 0.3) is 10.0 Å². The second-order valence-electron chi connectivity index (χ2n) is 14.9. The van der Waals surface area contributed by atoms with E-state index < -0.39 is 16.1 Å². The van der Waals surface area contributed by atoms with E-state index in [1.54, 1.807) is 30.6 Å². The van der Waals surface area contributed by atoms with Gasteiger partial charge in [0, 0.05) is 18.0 Å². The predicted molar refractivity (Wildman–Crippen MR) is 170 cm³/mol. The van der Waals surface area contributed by atoms with E-state index in [-0.39, 0.29) is 52.3 Å². The van der Waals surface area contributed by atoms with Crippen LogP contribution >= 0.6 is 0 Å². The fourth-order valence-corrected chi connectivity index (χ4v) is 11.6. The molecule has 6 rings (SSSR count). The van der Waals surface area contributed by atoms with Gasteiger partial charge in [0.1, 0.15) is 0 Å². The Bertz CT molecular complexity index is 1470. The van der Waals surface area contributed by atoms with Crippen molar-refractivity contribution < 1.29 is 28.2 Å². The Hall–Kier alpha value is -2.56. The van der Waals surface area contributed by atoms with Crippen LogP contribution in [0.2, 0.25) is 0 Å². The molecular formula is C35H49N3O6S. The molecular weight excluding hydrogens is 590 g/mol. The van der Waals surface area contributed by atoms with Crippen molar-refractivity contribution in [3.8, 4) is 11.4 Å². The lowest BCUT2D eigenvalue weighted by Gasteiger charge is -2.64. The van der Waals surface area contributed by atoms with Crippen molar-refractivity contribution in [1.29, 1.82) is 0 Å². The Labute approximate surface area is 267 Å². The summed E-state index contributed by atoms with van der Waals surface area (Å²) in [6.07, 6.45) is 9.46. The number of nitrogens with zero attached hydrogens (tertiary/aromatic N) is 2. The van der Waals surface area contributed by atoms with Crippen molar-refractivity contribution in [1.82, 2.24) is 14.7 Å². The summed E-state index contributed by atoms with van der Waals surface area (Å²) >= 11 is 0. The third-order valence-corrected chi connectivity index (χ3v) is 14.2. The minimum atomic E-state index is -4.11. The van der Waals surface area contributed by atoms with Gasteiger partial charge in [0.2, 0.25) is 0 Å². The van der Waals surface area contributed by atoms with Gasteiger partial charge in [-0.1, -0.05) is 34.1 Å². The van der Waals surface area contributed by atoms with Gasteiger partial charge in [0.15, 0.2) is 5.82 Å². The van der Waals surface area contributed by atoms with Crippen LogP contribution in [0.5, 0.6) is 0 Å². The summed E-state index contributed by atoms with van der Waals surface area (Å²) in [5.41, 5.74) is 0.839. The minimum absolute atomic E-state index is 0.0212. The number of benzene rings is 1. The first-order chi connectivity index (χ1) is 21.4. The summed E-state index contributed by atoms with van der Waals surface area (Å²) in [5.74, 6) is 2.52. The lowest BCUT2D eigenvalue weighted by molar-refractivity contribution is -0.203. The van der Waals surface area contributed by atoms with E-state index in [1.807, 2.05) is 0 Å². The normalized spacial score (nSPS) is 38.4. The number of aliphatic hydroxyl groups is 2. The third kappa shape index (κ3) is 5.69. The summed E-state index contributed by atoms with van der Waals surface area (Å²) in [6.45, 7) is 9.24. The van der Waals surface area contributed by atoms with Crippen LogP contribution in [0.3, 0.4) is 0 Å². The Kier molecular flexibility index (Phi) is 8.80. The maximum atomic E-state index is 12.9. The number of sulfonamides is 1. The number of amides is 1. The highest BCUT2D eigenvalue weighted by atomic mass is 32.2. The van der Waals surface area contributed by atoms with Gasteiger partial charge in [0.05, 0.1) is 23.7 Å². The monoisotopic (exact) mass is 639 g/mol. The van der Waals surface area contributed by atoms with Crippen molar-refractivity contribution in [2.75, 3.05) is 6.61 Å². The molecule has 11 atom stereocenters. The fraction of sp³-hybridized carbons (Fsp3) is 0.686. The standard InChI is InChI=1S/C35H49N3O6S/c1-5-25-29-19-23(39)13-15-35(29,4)28-14-16-34(3)26(11-12-27(34)30(28)31(25)40)21(2)20-44-33(41)38-45(42,43)24-9-7-22(8-10-24)32-36-17-6-18-37-32/h6-10,17-18,21,23,25-31,39-40H,5,11-16,19-20H2,1-4H3,(H,38,41)/t21-,23-,25-,26-,27+,28+,29+,30+,31-,34-,35-/m1/s1. The molecule has 4 aliphatic rings. The smallest absolute Gasteiger partial charge is 0.421 e. The molecule has 0 spiro atoms. The molecule has 1 heterocycles. The van der Waals surface area contributed by atoms with Crippen molar-refractivity contribution >= 4 is 16.1 Å². The van der Waals surface area contributed by atoms with Gasteiger partial charge in [-0.3, -0.25) is 0 Å². The topological polar surface area (TPSA) is 139 Å². The van der Waals surface area contributed by atoms with E-state index >= 15 is 0 Å². The van der Waals surface area contributed by atoms with E-state index in [2.05, 4.69) is 42.4 Å². The molecule has 1 amide bonds. The highest BCUT2D eigenvalue weighted by Crippen LogP contribution is 2.69. The van der Waals surface area contributed by atoms with Gasteiger partial charge in [-0.25, -0.2) is 27.9 Å². The summed E-state index contributed by atoms with van der Waals surface area (Å²) < 4.78 is 33.4. The number of fused-ring (bicyclic) bond motifs is 5. The molecule has 1 aromatic heterocycles. The summed E-state index contributed by atoms with van der Waals surface area (Å²) in [6, 6.07) is 7.75. The molecule has 0 bridgehead atoms. The number of carbonyl (C=O) groups is 1. The molecule has 4 aliphatic carbocycles. The van der Waals surface area contributed by atoms with Crippen LogP contribution in [-0.2, 0) is 14.8 Å². The van der Waals surface area contributed by atoms with Crippen LogP contribution in [-0.4, -0.2) is 53.5 Å². The second-order valence-corrected chi connectivity index (χ2v) is 16.6. The lowest BCUT2D eigenvalue weighted by Crippen LogP contribution is -2.62. The van der Waals surface area contributed by atoms with Crippen LogP contribution in [0.4, 0.5) is 4.79 Å². The number of ether oxygens (including phenoxy) is 1. The molecule has 4 fully saturated rings. The lowest BCUT2D eigenvalue weighted by atomic mass is 9.41. The van der Waals surface area contributed by atoms with Gasteiger partial charge in [-0.15, -0.1) is 0 Å². The zero-order valence-corrected chi connectivity index (χ0v) is 27.7. The quantitative estimate of drug-likeness (QED) is 0.345. The fourth-order valence-electron chi connectivity index (χ4n) is 10.7. The highest BCUT2D eigenvalue weighted by molar-refractivity contribution is 7.90. The van der Waals surface area contributed by atoms with Crippen molar-refractivity contribution in [3.63, 3.8) is 0 Å². The first kappa shape index (κ1) is 32.4. The van der Waals surface area contributed by atoms with Crippen LogP contribution in [0.1, 0.15) is 79.1 Å². The van der Waals surface area contributed by atoms with Gasteiger partial charge < -0.3 is 14.9 Å².